The quantitative estimate of drug-likeness (QED) is 0.742. The molecule has 2 aromatic carbocycles. The third kappa shape index (κ3) is 4.30. The maximum atomic E-state index is 12.8. The van der Waals surface area contributed by atoms with Crippen LogP contribution in [-0.2, 0) is 6.54 Å². The number of rotatable bonds is 6. The van der Waals surface area contributed by atoms with Crippen LogP contribution in [0, 0.1) is 0 Å². The number of carbonyl (C=O) groups excluding carboxylic acids is 1. The van der Waals surface area contributed by atoms with Crippen molar-refractivity contribution < 1.29 is 14.3 Å². The first-order valence-corrected chi connectivity index (χ1v) is 9.59. The summed E-state index contributed by atoms with van der Waals surface area (Å²) in [5.74, 6) is 0.921. The van der Waals surface area contributed by atoms with E-state index in [1.54, 1.807) is 24.1 Å². The average Bonchev–Trinajstić information content (AvgIpc) is 2.69. The fraction of sp³-hybridized carbons (Fsp3) is 0.381. The van der Waals surface area contributed by atoms with Gasteiger partial charge in [-0.3, -0.25) is 4.79 Å². The fourth-order valence-corrected chi connectivity index (χ4v) is 3.47. The average molecular weight is 389 g/mol. The van der Waals surface area contributed by atoms with Gasteiger partial charge in [0.2, 0.25) is 0 Å². The van der Waals surface area contributed by atoms with Gasteiger partial charge in [-0.1, -0.05) is 23.7 Å². The summed E-state index contributed by atoms with van der Waals surface area (Å²) in [7, 11) is 1.78. The summed E-state index contributed by atoms with van der Waals surface area (Å²) >= 11 is 6.25. The van der Waals surface area contributed by atoms with Gasteiger partial charge in [0.05, 0.1) is 5.02 Å². The highest BCUT2D eigenvalue weighted by Gasteiger charge is 2.21. The first kappa shape index (κ1) is 19.4. The molecular formula is C21H25ClN2O3. The molecule has 1 heterocycles. The van der Waals surface area contributed by atoms with E-state index >= 15 is 0 Å². The van der Waals surface area contributed by atoms with Crippen LogP contribution in [0.3, 0.4) is 0 Å². The van der Waals surface area contributed by atoms with Crippen molar-refractivity contribution in [1.82, 2.24) is 4.90 Å². The molecule has 2 aromatic rings. The molecule has 0 bridgehead atoms. The van der Waals surface area contributed by atoms with E-state index in [1.165, 1.54) is 5.69 Å². The standard InChI is InChI=1S/C21H25ClN2O3/c1-4-24(5-2)17-8-6-15(7-9-17)14-23(3)21(25)16-12-18(22)20-19(13-16)26-10-11-27-20/h6-9,12-13H,4-5,10-11,14H2,1-3H3. The molecule has 0 radical (unpaired) electrons. The van der Waals surface area contributed by atoms with Crippen molar-refractivity contribution in [3.05, 3.63) is 52.5 Å². The second-order valence-corrected chi connectivity index (χ2v) is 6.89. The largest absolute Gasteiger partial charge is 0.486 e. The minimum Gasteiger partial charge on any atom is -0.486 e. The van der Waals surface area contributed by atoms with Crippen LogP contribution in [0.1, 0.15) is 29.8 Å². The van der Waals surface area contributed by atoms with Gasteiger partial charge in [-0.2, -0.15) is 0 Å². The van der Waals surface area contributed by atoms with E-state index in [0.29, 0.717) is 41.8 Å². The van der Waals surface area contributed by atoms with Crippen molar-refractivity contribution in [3.63, 3.8) is 0 Å². The lowest BCUT2D eigenvalue weighted by Gasteiger charge is -2.23. The van der Waals surface area contributed by atoms with Gasteiger partial charge in [0.25, 0.3) is 5.91 Å². The fourth-order valence-electron chi connectivity index (χ4n) is 3.20. The zero-order chi connectivity index (χ0) is 19.4. The Labute approximate surface area is 165 Å². The SMILES string of the molecule is CCN(CC)c1ccc(CN(C)C(=O)c2cc(Cl)c3c(c2)OCCO3)cc1. The lowest BCUT2D eigenvalue weighted by atomic mass is 10.1. The third-order valence-electron chi connectivity index (χ3n) is 4.68. The van der Waals surface area contributed by atoms with Crippen molar-refractivity contribution in [3.8, 4) is 11.5 Å². The van der Waals surface area contributed by atoms with Crippen LogP contribution in [0.2, 0.25) is 5.02 Å². The predicted octanol–water partition coefficient (Wildman–Crippen LogP) is 4.23. The number of amides is 1. The molecule has 0 aliphatic carbocycles. The van der Waals surface area contributed by atoms with Crippen LogP contribution >= 0.6 is 11.6 Å². The van der Waals surface area contributed by atoms with Crippen molar-refractivity contribution in [2.75, 3.05) is 38.3 Å². The number of anilines is 1. The summed E-state index contributed by atoms with van der Waals surface area (Å²) in [4.78, 5) is 16.8. The number of carbonyl (C=O) groups is 1. The lowest BCUT2D eigenvalue weighted by molar-refractivity contribution is 0.0784. The molecule has 0 unspecified atom stereocenters. The van der Waals surface area contributed by atoms with E-state index in [0.717, 1.165) is 18.7 Å². The second-order valence-electron chi connectivity index (χ2n) is 6.48. The smallest absolute Gasteiger partial charge is 0.254 e. The highest BCUT2D eigenvalue weighted by Crippen LogP contribution is 2.38. The van der Waals surface area contributed by atoms with Gasteiger partial charge in [0, 0.05) is 37.9 Å². The van der Waals surface area contributed by atoms with Crippen LogP contribution in [0.15, 0.2) is 36.4 Å². The third-order valence-corrected chi connectivity index (χ3v) is 4.96. The number of nitrogens with zero attached hydrogens (tertiary/aromatic N) is 2. The number of benzene rings is 2. The summed E-state index contributed by atoms with van der Waals surface area (Å²) in [5, 5.41) is 0.396. The van der Waals surface area contributed by atoms with E-state index in [4.69, 9.17) is 21.1 Å². The Morgan fingerprint density at radius 3 is 2.41 bits per heavy atom. The van der Waals surface area contributed by atoms with Crippen LogP contribution < -0.4 is 14.4 Å². The molecule has 1 amide bonds. The molecule has 1 aliphatic rings. The molecule has 0 saturated heterocycles. The number of hydrogen-bond donors (Lipinski definition) is 0. The summed E-state index contributed by atoms with van der Waals surface area (Å²) in [6, 6.07) is 11.7. The molecule has 6 heteroatoms. The van der Waals surface area contributed by atoms with Gasteiger partial charge in [0.1, 0.15) is 13.2 Å². The van der Waals surface area contributed by atoms with E-state index in [-0.39, 0.29) is 5.91 Å². The molecule has 0 N–H and O–H groups in total. The van der Waals surface area contributed by atoms with Crippen molar-refractivity contribution >= 4 is 23.2 Å². The molecule has 1 aliphatic heterocycles. The molecule has 0 aromatic heterocycles. The Bertz CT molecular complexity index is 804. The maximum Gasteiger partial charge on any atom is 0.254 e. The maximum absolute atomic E-state index is 12.8. The summed E-state index contributed by atoms with van der Waals surface area (Å²) < 4.78 is 11.1. The van der Waals surface area contributed by atoms with Gasteiger partial charge in [0.15, 0.2) is 11.5 Å². The van der Waals surface area contributed by atoms with E-state index in [1.807, 2.05) is 0 Å². The molecule has 3 rings (SSSR count). The first-order chi connectivity index (χ1) is 13.0. The highest BCUT2D eigenvalue weighted by atomic mass is 35.5. The molecular weight excluding hydrogens is 364 g/mol. The van der Waals surface area contributed by atoms with Crippen LogP contribution in [0.25, 0.3) is 0 Å². The van der Waals surface area contributed by atoms with Gasteiger partial charge < -0.3 is 19.3 Å². The number of hydrogen-bond acceptors (Lipinski definition) is 4. The van der Waals surface area contributed by atoms with Crippen LogP contribution in [-0.4, -0.2) is 44.2 Å². The zero-order valence-electron chi connectivity index (χ0n) is 16.0. The highest BCUT2D eigenvalue weighted by molar-refractivity contribution is 6.32. The normalized spacial score (nSPS) is 12.6. The molecule has 27 heavy (non-hydrogen) atoms. The van der Waals surface area contributed by atoms with Gasteiger partial charge >= 0.3 is 0 Å². The zero-order valence-corrected chi connectivity index (χ0v) is 16.8. The van der Waals surface area contributed by atoms with Gasteiger partial charge in [-0.25, -0.2) is 0 Å². The minimum atomic E-state index is -0.110. The summed E-state index contributed by atoms with van der Waals surface area (Å²) in [6.45, 7) is 7.66. The first-order valence-electron chi connectivity index (χ1n) is 9.22. The molecule has 0 fully saturated rings. The Morgan fingerprint density at radius 2 is 1.74 bits per heavy atom. The second kappa shape index (κ2) is 8.53. The van der Waals surface area contributed by atoms with Crippen molar-refractivity contribution in [2.24, 2.45) is 0 Å². The number of ether oxygens (including phenoxy) is 2. The van der Waals surface area contributed by atoms with Gasteiger partial charge in [-0.05, 0) is 43.7 Å². The molecule has 0 spiro atoms. The summed E-state index contributed by atoms with van der Waals surface area (Å²) in [6.07, 6.45) is 0. The predicted molar refractivity (Wildman–Crippen MR) is 108 cm³/mol. The molecule has 144 valence electrons. The number of halogens is 1. The Kier molecular flexibility index (Phi) is 6.11. The molecule has 0 saturated carbocycles. The lowest BCUT2D eigenvalue weighted by Crippen LogP contribution is -2.27. The molecule has 0 atom stereocenters. The van der Waals surface area contributed by atoms with Crippen LogP contribution in [0.4, 0.5) is 5.69 Å². The minimum absolute atomic E-state index is 0.110. The topological polar surface area (TPSA) is 42.0 Å². The van der Waals surface area contributed by atoms with Crippen molar-refractivity contribution in [2.45, 2.75) is 20.4 Å². The Balaban J connectivity index is 1.72. The number of fused-ring (bicyclic) bond motifs is 1. The van der Waals surface area contributed by atoms with Crippen molar-refractivity contribution in [1.29, 1.82) is 0 Å². The van der Waals surface area contributed by atoms with E-state index in [9.17, 15) is 4.79 Å². The van der Waals surface area contributed by atoms with E-state index < -0.39 is 0 Å². The summed E-state index contributed by atoms with van der Waals surface area (Å²) in [5.41, 5.74) is 2.76. The Hall–Kier alpha value is -2.40. The Morgan fingerprint density at radius 1 is 1.07 bits per heavy atom. The molecule has 5 nitrogen and oxygen atoms in total. The van der Waals surface area contributed by atoms with Crippen LogP contribution in [0.5, 0.6) is 11.5 Å². The van der Waals surface area contributed by atoms with Gasteiger partial charge in [-0.15, -0.1) is 0 Å². The monoisotopic (exact) mass is 388 g/mol. The van der Waals surface area contributed by atoms with E-state index in [2.05, 4.69) is 43.0 Å².